The number of nitrogens with zero attached hydrogens (tertiary/aromatic N) is 2. The summed E-state index contributed by atoms with van der Waals surface area (Å²) in [7, 11) is 1.69. The van der Waals surface area contributed by atoms with Gasteiger partial charge in [0.2, 0.25) is 5.91 Å². The topological polar surface area (TPSA) is 44.1 Å². The molecule has 0 N–H and O–H groups in total. The van der Waals surface area contributed by atoms with Gasteiger partial charge in [-0.3, -0.25) is 4.79 Å². The zero-order chi connectivity index (χ0) is 14.5. The third-order valence-electron chi connectivity index (χ3n) is 3.26. The van der Waals surface area contributed by atoms with E-state index >= 15 is 0 Å². The maximum Gasteiger partial charge on any atom is 0.248 e. The van der Waals surface area contributed by atoms with Crippen molar-refractivity contribution >= 4 is 11.6 Å². The molecule has 2 rings (SSSR count). The van der Waals surface area contributed by atoms with Crippen LogP contribution in [0.3, 0.4) is 0 Å². The lowest BCUT2D eigenvalue weighted by molar-refractivity contribution is -0.118. The van der Waals surface area contributed by atoms with Crippen molar-refractivity contribution in [2.75, 3.05) is 11.9 Å². The molecule has 0 saturated carbocycles. The predicted molar refractivity (Wildman–Crippen MR) is 79.4 cm³/mol. The molecule has 0 fully saturated rings. The highest BCUT2D eigenvalue weighted by molar-refractivity contribution is 5.99. The van der Waals surface area contributed by atoms with Crippen molar-refractivity contribution in [3.8, 4) is 6.07 Å². The SMILES string of the molecule is Cc1ccc(N(C)C(=O)C(C#N)c2ccccc2)cc1. The van der Waals surface area contributed by atoms with Gasteiger partial charge >= 0.3 is 0 Å². The lowest BCUT2D eigenvalue weighted by Gasteiger charge is -2.20. The molecule has 20 heavy (non-hydrogen) atoms. The highest BCUT2D eigenvalue weighted by atomic mass is 16.2. The van der Waals surface area contributed by atoms with Gasteiger partial charge in [0.15, 0.2) is 5.92 Å². The number of likely N-dealkylation sites (N-methyl/N-ethyl adjacent to an activating group) is 1. The van der Waals surface area contributed by atoms with Crippen LogP contribution < -0.4 is 4.90 Å². The number of carbonyl (C=O) groups is 1. The van der Waals surface area contributed by atoms with Crippen molar-refractivity contribution in [1.82, 2.24) is 0 Å². The van der Waals surface area contributed by atoms with Crippen molar-refractivity contribution in [3.05, 3.63) is 65.7 Å². The van der Waals surface area contributed by atoms with Crippen LogP contribution in [0, 0.1) is 18.3 Å². The van der Waals surface area contributed by atoms with Gasteiger partial charge in [-0.1, -0.05) is 48.0 Å². The molecule has 2 aromatic rings. The van der Waals surface area contributed by atoms with E-state index in [2.05, 4.69) is 6.07 Å². The van der Waals surface area contributed by atoms with E-state index in [1.807, 2.05) is 49.4 Å². The number of anilines is 1. The average Bonchev–Trinajstić information content (AvgIpc) is 2.49. The van der Waals surface area contributed by atoms with Gasteiger partial charge in [0, 0.05) is 12.7 Å². The Kier molecular flexibility index (Phi) is 4.17. The minimum absolute atomic E-state index is 0.220. The zero-order valence-corrected chi connectivity index (χ0v) is 11.6. The molecule has 0 spiro atoms. The second kappa shape index (κ2) is 6.03. The van der Waals surface area contributed by atoms with E-state index in [1.54, 1.807) is 19.2 Å². The summed E-state index contributed by atoms with van der Waals surface area (Å²) in [5.74, 6) is -0.995. The normalized spacial score (nSPS) is 11.4. The van der Waals surface area contributed by atoms with Crippen LogP contribution in [0.25, 0.3) is 0 Å². The molecule has 1 atom stereocenters. The van der Waals surface area contributed by atoms with Crippen LogP contribution in [0.1, 0.15) is 17.0 Å². The van der Waals surface area contributed by atoms with Gasteiger partial charge in [0.1, 0.15) is 0 Å². The van der Waals surface area contributed by atoms with Crippen molar-refractivity contribution in [3.63, 3.8) is 0 Å². The Labute approximate surface area is 119 Å². The average molecular weight is 264 g/mol. The Morgan fingerprint density at radius 2 is 1.70 bits per heavy atom. The standard InChI is InChI=1S/C17H16N2O/c1-13-8-10-15(11-9-13)19(2)17(20)16(12-18)14-6-4-3-5-7-14/h3-11,16H,1-2H3. The molecule has 0 aromatic heterocycles. The Morgan fingerprint density at radius 1 is 1.10 bits per heavy atom. The molecule has 2 aromatic carbocycles. The molecular weight excluding hydrogens is 248 g/mol. The number of carbonyl (C=O) groups excluding carboxylic acids is 1. The molecule has 1 amide bonds. The van der Waals surface area contributed by atoms with Crippen LogP contribution in [0.4, 0.5) is 5.69 Å². The number of benzene rings is 2. The first kappa shape index (κ1) is 13.8. The summed E-state index contributed by atoms with van der Waals surface area (Å²) in [6.07, 6.45) is 0. The minimum atomic E-state index is -0.775. The van der Waals surface area contributed by atoms with Crippen molar-refractivity contribution < 1.29 is 4.79 Å². The fraction of sp³-hybridized carbons (Fsp3) is 0.176. The number of aryl methyl sites for hydroxylation is 1. The summed E-state index contributed by atoms with van der Waals surface area (Å²) >= 11 is 0. The number of amides is 1. The lowest BCUT2D eigenvalue weighted by Crippen LogP contribution is -2.31. The van der Waals surface area contributed by atoms with Crippen LogP contribution in [-0.4, -0.2) is 13.0 Å². The highest BCUT2D eigenvalue weighted by Crippen LogP contribution is 2.21. The molecular formula is C17H16N2O. The predicted octanol–water partition coefficient (Wildman–Crippen LogP) is 3.27. The van der Waals surface area contributed by atoms with Gasteiger partial charge < -0.3 is 4.90 Å². The van der Waals surface area contributed by atoms with E-state index in [4.69, 9.17) is 0 Å². The Balaban J connectivity index is 2.25. The van der Waals surface area contributed by atoms with Crippen LogP contribution in [0.5, 0.6) is 0 Å². The monoisotopic (exact) mass is 264 g/mol. The van der Waals surface area contributed by atoms with E-state index in [1.165, 1.54) is 4.90 Å². The van der Waals surface area contributed by atoms with Gasteiger partial charge in [-0.2, -0.15) is 5.26 Å². The molecule has 0 bridgehead atoms. The van der Waals surface area contributed by atoms with Gasteiger partial charge in [-0.05, 0) is 24.6 Å². The third-order valence-corrected chi connectivity index (χ3v) is 3.26. The number of rotatable bonds is 3. The number of hydrogen-bond donors (Lipinski definition) is 0. The molecule has 0 aliphatic carbocycles. The van der Waals surface area contributed by atoms with Gasteiger partial charge in [-0.15, -0.1) is 0 Å². The molecule has 100 valence electrons. The fourth-order valence-corrected chi connectivity index (χ4v) is 2.01. The van der Waals surface area contributed by atoms with E-state index in [0.717, 1.165) is 16.8 Å². The Morgan fingerprint density at radius 3 is 2.25 bits per heavy atom. The fourth-order valence-electron chi connectivity index (χ4n) is 2.01. The molecule has 0 radical (unpaired) electrons. The Bertz CT molecular complexity index is 626. The third kappa shape index (κ3) is 2.86. The molecule has 3 heteroatoms. The van der Waals surface area contributed by atoms with E-state index in [-0.39, 0.29) is 5.91 Å². The van der Waals surface area contributed by atoms with Crippen LogP contribution in [0.15, 0.2) is 54.6 Å². The quantitative estimate of drug-likeness (QED) is 0.854. The summed E-state index contributed by atoms with van der Waals surface area (Å²) in [5.41, 5.74) is 2.64. The molecule has 3 nitrogen and oxygen atoms in total. The van der Waals surface area contributed by atoms with Gasteiger partial charge in [-0.25, -0.2) is 0 Å². The first-order chi connectivity index (χ1) is 9.63. The summed E-state index contributed by atoms with van der Waals surface area (Å²) in [5, 5.41) is 9.29. The summed E-state index contributed by atoms with van der Waals surface area (Å²) < 4.78 is 0. The second-order valence-corrected chi connectivity index (χ2v) is 4.71. The molecule has 0 saturated heterocycles. The largest absolute Gasteiger partial charge is 0.314 e. The Hall–Kier alpha value is -2.60. The zero-order valence-electron chi connectivity index (χ0n) is 11.6. The van der Waals surface area contributed by atoms with Crippen LogP contribution >= 0.6 is 0 Å². The summed E-state index contributed by atoms with van der Waals surface area (Å²) in [6.45, 7) is 1.99. The van der Waals surface area contributed by atoms with E-state index < -0.39 is 5.92 Å². The minimum Gasteiger partial charge on any atom is -0.314 e. The van der Waals surface area contributed by atoms with Crippen LogP contribution in [-0.2, 0) is 4.79 Å². The van der Waals surface area contributed by atoms with Gasteiger partial charge in [0.05, 0.1) is 6.07 Å². The number of hydrogen-bond acceptors (Lipinski definition) is 2. The molecule has 0 heterocycles. The molecule has 0 aliphatic rings. The smallest absolute Gasteiger partial charge is 0.248 e. The van der Waals surface area contributed by atoms with Gasteiger partial charge in [0.25, 0.3) is 0 Å². The first-order valence-electron chi connectivity index (χ1n) is 6.42. The van der Waals surface area contributed by atoms with E-state index in [0.29, 0.717) is 0 Å². The van der Waals surface area contributed by atoms with Crippen molar-refractivity contribution in [2.45, 2.75) is 12.8 Å². The lowest BCUT2D eigenvalue weighted by atomic mass is 9.99. The number of nitriles is 1. The maximum atomic E-state index is 12.5. The summed E-state index contributed by atoms with van der Waals surface area (Å²) in [4.78, 5) is 14.0. The van der Waals surface area contributed by atoms with Crippen molar-refractivity contribution in [1.29, 1.82) is 5.26 Å². The highest BCUT2D eigenvalue weighted by Gasteiger charge is 2.24. The first-order valence-corrected chi connectivity index (χ1v) is 6.42. The molecule has 0 aliphatic heterocycles. The second-order valence-electron chi connectivity index (χ2n) is 4.71. The van der Waals surface area contributed by atoms with E-state index in [9.17, 15) is 10.1 Å². The molecule has 1 unspecified atom stereocenters. The maximum absolute atomic E-state index is 12.5. The summed E-state index contributed by atoms with van der Waals surface area (Å²) in [6, 6.07) is 18.9. The van der Waals surface area contributed by atoms with Crippen LogP contribution in [0.2, 0.25) is 0 Å². The van der Waals surface area contributed by atoms with Crippen molar-refractivity contribution in [2.24, 2.45) is 0 Å².